The van der Waals surface area contributed by atoms with Crippen LogP contribution in [0.4, 0.5) is 5.82 Å². The molecular weight excluding hydrogens is 388 g/mol. The Labute approximate surface area is 172 Å². The molecule has 29 heavy (non-hydrogen) atoms. The molecule has 1 aliphatic heterocycles. The van der Waals surface area contributed by atoms with Gasteiger partial charge in [-0.1, -0.05) is 23.7 Å². The Kier molecular flexibility index (Phi) is 4.41. The van der Waals surface area contributed by atoms with Gasteiger partial charge in [-0.2, -0.15) is 0 Å². The van der Waals surface area contributed by atoms with Gasteiger partial charge in [0, 0.05) is 23.9 Å². The quantitative estimate of drug-likeness (QED) is 0.532. The Hall–Kier alpha value is -3.38. The molecule has 0 fully saturated rings. The maximum Gasteiger partial charge on any atom is 0.166 e. The molecule has 6 nitrogen and oxygen atoms in total. The van der Waals surface area contributed by atoms with Crippen molar-refractivity contribution in [2.75, 3.05) is 18.1 Å². The molecule has 5 rings (SSSR count). The van der Waals surface area contributed by atoms with E-state index in [1.807, 2.05) is 36.4 Å². The van der Waals surface area contributed by atoms with Crippen molar-refractivity contribution in [3.63, 3.8) is 0 Å². The number of fused-ring (bicyclic) bond motifs is 2. The third-order valence-electron chi connectivity index (χ3n) is 4.90. The summed E-state index contributed by atoms with van der Waals surface area (Å²) in [6, 6.07) is 15.0. The predicted octanol–water partition coefficient (Wildman–Crippen LogP) is 4.45. The molecule has 0 amide bonds. The molecule has 0 aliphatic carbocycles. The van der Waals surface area contributed by atoms with E-state index < -0.39 is 0 Å². The molecule has 4 aromatic rings. The van der Waals surface area contributed by atoms with E-state index in [0.29, 0.717) is 30.5 Å². The van der Waals surface area contributed by atoms with Crippen molar-refractivity contribution < 1.29 is 9.84 Å². The standard InChI is InChI=1S/C22H17ClN4O2/c23-16-5-6-17(24-11-16)14-9-15-13-27(7-8-29-22(15)20(28)10-14)21-12-25-18-3-1-2-4-19(18)26-21/h1-6,9-12,28H,7-8,13H2. The maximum atomic E-state index is 10.6. The summed E-state index contributed by atoms with van der Waals surface area (Å²) in [5, 5.41) is 11.1. The number of aromatic nitrogens is 3. The van der Waals surface area contributed by atoms with E-state index in [4.69, 9.17) is 21.3 Å². The van der Waals surface area contributed by atoms with Gasteiger partial charge in [0.1, 0.15) is 12.4 Å². The number of benzene rings is 2. The van der Waals surface area contributed by atoms with Crippen molar-refractivity contribution >= 4 is 28.5 Å². The van der Waals surface area contributed by atoms with Crippen LogP contribution in [-0.4, -0.2) is 33.2 Å². The number of para-hydroxylation sites is 2. The molecule has 2 aromatic heterocycles. The number of pyridine rings is 1. The predicted molar refractivity (Wildman–Crippen MR) is 112 cm³/mol. The molecule has 1 aliphatic rings. The lowest BCUT2D eigenvalue weighted by molar-refractivity contribution is 0.311. The largest absolute Gasteiger partial charge is 0.504 e. The summed E-state index contributed by atoms with van der Waals surface area (Å²) in [5.41, 5.74) is 4.10. The molecule has 0 saturated carbocycles. The first-order chi connectivity index (χ1) is 14.2. The summed E-state index contributed by atoms with van der Waals surface area (Å²) in [6.07, 6.45) is 3.37. The number of phenols is 1. The van der Waals surface area contributed by atoms with Crippen molar-refractivity contribution in [2.45, 2.75) is 6.54 Å². The van der Waals surface area contributed by atoms with Crippen molar-refractivity contribution in [2.24, 2.45) is 0 Å². The Morgan fingerprint density at radius 3 is 2.69 bits per heavy atom. The van der Waals surface area contributed by atoms with Crippen LogP contribution in [0.15, 0.2) is 60.9 Å². The summed E-state index contributed by atoms with van der Waals surface area (Å²) in [4.78, 5) is 15.7. The van der Waals surface area contributed by atoms with Crippen LogP contribution < -0.4 is 9.64 Å². The van der Waals surface area contributed by atoms with Crippen LogP contribution in [-0.2, 0) is 6.54 Å². The van der Waals surface area contributed by atoms with Crippen LogP contribution >= 0.6 is 11.6 Å². The van der Waals surface area contributed by atoms with E-state index in [-0.39, 0.29) is 5.75 Å². The smallest absolute Gasteiger partial charge is 0.166 e. The van der Waals surface area contributed by atoms with Gasteiger partial charge in [-0.25, -0.2) is 4.98 Å². The molecule has 0 saturated heterocycles. The first-order valence-corrected chi connectivity index (χ1v) is 9.62. The minimum absolute atomic E-state index is 0.0979. The fourth-order valence-corrected chi connectivity index (χ4v) is 3.60. The van der Waals surface area contributed by atoms with Crippen molar-refractivity contribution in [3.8, 4) is 22.8 Å². The highest BCUT2D eigenvalue weighted by Crippen LogP contribution is 2.38. The Morgan fingerprint density at radius 1 is 1.00 bits per heavy atom. The number of ether oxygens (including phenoxy) is 1. The monoisotopic (exact) mass is 404 g/mol. The first kappa shape index (κ1) is 17.7. The first-order valence-electron chi connectivity index (χ1n) is 9.25. The zero-order valence-corrected chi connectivity index (χ0v) is 16.2. The Balaban J connectivity index is 1.53. The molecule has 0 bridgehead atoms. The average Bonchev–Trinajstić information content (AvgIpc) is 2.97. The van der Waals surface area contributed by atoms with E-state index in [9.17, 15) is 5.11 Å². The van der Waals surface area contributed by atoms with Crippen molar-refractivity contribution in [3.05, 3.63) is 71.5 Å². The SMILES string of the molecule is Oc1cc(-c2ccc(Cl)cn2)cc2c1OCCN(c1cnc3ccccc3n1)C2. The Morgan fingerprint density at radius 2 is 1.86 bits per heavy atom. The number of hydrogen-bond donors (Lipinski definition) is 1. The van der Waals surface area contributed by atoms with Crippen molar-refractivity contribution in [1.29, 1.82) is 0 Å². The summed E-state index contributed by atoms with van der Waals surface area (Å²) >= 11 is 5.94. The van der Waals surface area contributed by atoms with Crippen LogP contribution in [0.1, 0.15) is 5.56 Å². The van der Waals surface area contributed by atoms with Crippen molar-refractivity contribution in [1.82, 2.24) is 15.0 Å². The molecule has 1 N–H and O–H groups in total. The third-order valence-corrected chi connectivity index (χ3v) is 5.12. The summed E-state index contributed by atoms with van der Waals surface area (Å²) in [5.74, 6) is 1.37. The Bertz CT molecular complexity index is 1200. The number of nitrogens with zero attached hydrogens (tertiary/aromatic N) is 4. The van der Waals surface area contributed by atoms with Gasteiger partial charge in [0.05, 0.1) is 34.5 Å². The van der Waals surface area contributed by atoms with Crippen LogP contribution in [0.3, 0.4) is 0 Å². The molecule has 7 heteroatoms. The van der Waals surface area contributed by atoms with Gasteiger partial charge in [-0.15, -0.1) is 0 Å². The van der Waals surface area contributed by atoms with Crippen LogP contribution in [0, 0.1) is 0 Å². The highest BCUT2D eigenvalue weighted by molar-refractivity contribution is 6.30. The van der Waals surface area contributed by atoms with E-state index in [2.05, 4.69) is 14.9 Å². The minimum atomic E-state index is 0.0979. The van der Waals surface area contributed by atoms with Gasteiger partial charge in [-0.05, 0) is 36.4 Å². The number of hydrogen-bond acceptors (Lipinski definition) is 6. The fourth-order valence-electron chi connectivity index (χ4n) is 3.49. The van der Waals surface area contributed by atoms with Crippen LogP contribution in [0.2, 0.25) is 5.02 Å². The van der Waals surface area contributed by atoms with Gasteiger partial charge < -0.3 is 14.7 Å². The number of anilines is 1. The van der Waals surface area contributed by atoms with Gasteiger partial charge in [0.2, 0.25) is 0 Å². The number of rotatable bonds is 2. The highest BCUT2D eigenvalue weighted by atomic mass is 35.5. The number of phenolic OH excluding ortho intramolecular Hbond substituents is 1. The second-order valence-corrected chi connectivity index (χ2v) is 7.27. The molecule has 0 atom stereocenters. The lowest BCUT2D eigenvalue weighted by atomic mass is 10.0. The minimum Gasteiger partial charge on any atom is -0.504 e. The molecule has 0 unspecified atom stereocenters. The van der Waals surface area contributed by atoms with Gasteiger partial charge in [0.15, 0.2) is 11.5 Å². The second-order valence-electron chi connectivity index (χ2n) is 6.83. The van der Waals surface area contributed by atoms with Gasteiger partial charge >= 0.3 is 0 Å². The van der Waals surface area contributed by atoms with E-state index >= 15 is 0 Å². The molecule has 2 aromatic carbocycles. The maximum absolute atomic E-state index is 10.6. The van der Waals surface area contributed by atoms with Crippen LogP contribution in [0.25, 0.3) is 22.3 Å². The third kappa shape index (κ3) is 3.43. The number of aromatic hydroxyl groups is 1. The number of halogens is 1. The molecule has 3 heterocycles. The van der Waals surface area contributed by atoms with E-state index in [0.717, 1.165) is 33.7 Å². The van der Waals surface area contributed by atoms with E-state index in [1.54, 1.807) is 24.5 Å². The van der Waals surface area contributed by atoms with Crippen LogP contribution in [0.5, 0.6) is 11.5 Å². The zero-order valence-electron chi connectivity index (χ0n) is 15.4. The normalized spacial score (nSPS) is 13.6. The van der Waals surface area contributed by atoms with Gasteiger partial charge in [0.25, 0.3) is 0 Å². The second kappa shape index (κ2) is 7.22. The fraction of sp³-hybridized carbons (Fsp3) is 0.136. The lowest BCUT2D eigenvalue weighted by Gasteiger charge is -2.21. The molecule has 0 radical (unpaired) electrons. The zero-order chi connectivity index (χ0) is 19.8. The average molecular weight is 405 g/mol. The molecule has 0 spiro atoms. The van der Waals surface area contributed by atoms with E-state index in [1.165, 1.54) is 0 Å². The summed E-state index contributed by atoms with van der Waals surface area (Å²) < 4.78 is 5.85. The highest BCUT2D eigenvalue weighted by Gasteiger charge is 2.21. The molecule has 144 valence electrons. The lowest BCUT2D eigenvalue weighted by Crippen LogP contribution is -2.26. The topological polar surface area (TPSA) is 71.4 Å². The van der Waals surface area contributed by atoms with Gasteiger partial charge in [-0.3, -0.25) is 9.97 Å². The summed E-state index contributed by atoms with van der Waals surface area (Å²) in [7, 11) is 0. The molecular formula is C22H17ClN4O2. The summed E-state index contributed by atoms with van der Waals surface area (Å²) in [6.45, 7) is 1.61.